The van der Waals surface area contributed by atoms with Gasteiger partial charge >= 0.3 is 11.8 Å². The molecule has 1 aliphatic carbocycles. The van der Waals surface area contributed by atoms with E-state index in [9.17, 15) is 14.4 Å². The number of hydrogen-bond donors (Lipinski definition) is 1. The van der Waals surface area contributed by atoms with Gasteiger partial charge in [0.05, 0.1) is 10.6 Å². The van der Waals surface area contributed by atoms with Crippen LogP contribution in [0.15, 0.2) is 60.1 Å². The lowest BCUT2D eigenvalue weighted by Crippen LogP contribution is -2.53. The van der Waals surface area contributed by atoms with Gasteiger partial charge in [-0.15, -0.1) is 11.3 Å². The molecule has 174 valence electrons. The van der Waals surface area contributed by atoms with E-state index in [0.29, 0.717) is 26.2 Å². The fourth-order valence-corrected chi connectivity index (χ4v) is 4.57. The van der Waals surface area contributed by atoms with Crippen LogP contribution in [0.3, 0.4) is 0 Å². The molecule has 2 aliphatic rings. The Morgan fingerprint density at radius 2 is 1.71 bits per heavy atom. The first-order valence-electron chi connectivity index (χ1n) is 11.3. The Morgan fingerprint density at radius 3 is 2.38 bits per heavy atom. The number of carbonyl (C=O) groups is 3. The molecule has 1 aliphatic heterocycles. The molecule has 3 aromatic rings. The van der Waals surface area contributed by atoms with Crippen molar-refractivity contribution in [1.82, 2.24) is 24.9 Å². The van der Waals surface area contributed by atoms with Crippen molar-refractivity contribution in [3.63, 3.8) is 0 Å². The minimum atomic E-state index is -0.543. The zero-order chi connectivity index (χ0) is 23.5. The molecular formula is C25H25N5O3S. The molecule has 2 fully saturated rings. The highest BCUT2D eigenvalue weighted by molar-refractivity contribution is 7.13. The van der Waals surface area contributed by atoms with Crippen LogP contribution in [-0.4, -0.2) is 69.5 Å². The third-order valence-electron chi connectivity index (χ3n) is 5.91. The second-order valence-corrected chi connectivity index (χ2v) is 9.34. The highest BCUT2D eigenvalue weighted by Crippen LogP contribution is 2.28. The molecule has 1 aromatic carbocycles. The number of para-hydroxylation sites is 1. The Bertz CT molecular complexity index is 1210. The van der Waals surface area contributed by atoms with Gasteiger partial charge in [0, 0.05) is 50.1 Å². The van der Waals surface area contributed by atoms with Crippen LogP contribution < -0.4 is 5.32 Å². The summed E-state index contributed by atoms with van der Waals surface area (Å²) in [6.07, 6.45) is 7.15. The maximum absolute atomic E-state index is 12.8. The van der Waals surface area contributed by atoms with Crippen molar-refractivity contribution < 1.29 is 14.4 Å². The molecule has 0 atom stereocenters. The molecule has 0 radical (unpaired) electrons. The van der Waals surface area contributed by atoms with Crippen LogP contribution in [0.1, 0.15) is 18.4 Å². The van der Waals surface area contributed by atoms with Crippen LogP contribution >= 0.6 is 11.3 Å². The van der Waals surface area contributed by atoms with E-state index < -0.39 is 11.8 Å². The van der Waals surface area contributed by atoms with E-state index in [1.165, 1.54) is 4.90 Å². The van der Waals surface area contributed by atoms with Crippen molar-refractivity contribution in [3.8, 4) is 16.3 Å². The SMILES string of the molecule is O=C(NC1CC1)C(=O)N1CCN(C(=O)/C=C/c2cn(-c3ccccc3)nc2-c2cccs2)CC1. The predicted molar refractivity (Wildman–Crippen MR) is 130 cm³/mol. The molecule has 0 spiro atoms. The Kier molecular flexibility index (Phi) is 6.27. The van der Waals surface area contributed by atoms with E-state index in [1.54, 1.807) is 28.4 Å². The minimum absolute atomic E-state index is 0.126. The lowest BCUT2D eigenvalue weighted by molar-refractivity contribution is -0.148. The molecule has 34 heavy (non-hydrogen) atoms. The number of piperazine rings is 1. The maximum atomic E-state index is 12.8. The molecular weight excluding hydrogens is 450 g/mol. The third-order valence-corrected chi connectivity index (χ3v) is 6.79. The monoisotopic (exact) mass is 475 g/mol. The van der Waals surface area contributed by atoms with Gasteiger partial charge in [-0.3, -0.25) is 14.4 Å². The maximum Gasteiger partial charge on any atom is 0.312 e. The molecule has 9 heteroatoms. The lowest BCUT2D eigenvalue weighted by Gasteiger charge is -2.33. The molecule has 3 heterocycles. The highest BCUT2D eigenvalue weighted by atomic mass is 32.1. The first-order chi connectivity index (χ1) is 16.6. The summed E-state index contributed by atoms with van der Waals surface area (Å²) in [5.41, 5.74) is 2.61. The van der Waals surface area contributed by atoms with E-state index in [1.807, 2.05) is 58.7 Å². The summed E-state index contributed by atoms with van der Waals surface area (Å²) in [4.78, 5) is 41.4. The Labute approximate surface area is 201 Å². The van der Waals surface area contributed by atoms with Crippen LogP contribution in [0.25, 0.3) is 22.3 Å². The third kappa shape index (κ3) is 4.94. The zero-order valence-electron chi connectivity index (χ0n) is 18.6. The standard InChI is InChI=1S/C25H25N5O3S/c31-22(28-12-14-29(15-13-28)25(33)24(32)26-19-9-10-19)11-8-18-17-30(20-5-2-1-3-6-20)27-23(18)21-7-4-16-34-21/h1-8,11,16-17,19H,9-10,12-15H2,(H,26,32)/b11-8+. The van der Waals surface area contributed by atoms with Crippen molar-refractivity contribution >= 4 is 35.1 Å². The van der Waals surface area contributed by atoms with Crippen LogP contribution in [0, 0.1) is 0 Å². The number of nitrogens with one attached hydrogen (secondary N) is 1. The smallest absolute Gasteiger partial charge is 0.312 e. The second kappa shape index (κ2) is 9.64. The van der Waals surface area contributed by atoms with Crippen LogP contribution in [0.2, 0.25) is 0 Å². The van der Waals surface area contributed by atoms with Gasteiger partial charge in [0.15, 0.2) is 0 Å². The van der Waals surface area contributed by atoms with Gasteiger partial charge in [-0.25, -0.2) is 4.68 Å². The summed E-state index contributed by atoms with van der Waals surface area (Å²) in [7, 11) is 0. The molecule has 1 saturated carbocycles. The molecule has 2 aromatic heterocycles. The normalized spacial score (nSPS) is 16.1. The summed E-state index contributed by atoms with van der Waals surface area (Å²) in [5.74, 6) is -1.18. The van der Waals surface area contributed by atoms with E-state index in [-0.39, 0.29) is 11.9 Å². The van der Waals surface area contributed by atoms with Crippen molar-refractivity contribution in [2.24, 2.45) is 0 Å². The number of nitrogens with zero attached hydrogens (tertiary/aromatic N) is 4. The molecule has 0 bridgehead atoms. The molecule has 5 rings (SSSR count). The van der Waals surface area contributed by atoms with Gasteiger partial charge in [-0.1, -0.05) is 24.3 Å². The van der Waals surface area contributed by atoms with Gasteiger partial charge in [0.25, 0.3) is 0 Å². The number of thiophene rings is 1. The zero-order valence-corrected chi connectivity index (χ0v) is 19.4. The van der Waals surface area contributed by atoms with Gasteiger partial charge in [0.2, 0.25) is 5.91 Å². The summed E-state index contributed by atoms with van der Waals surface area (Å²) in [5, 5.41) is 9.48. The molecule has 3 amide bonds. The second-order valence-electron chi connectivity index (χ2n) is 8.39. The molecule has 0 unspecified atom stereocenters. The number of aromatic nitrogens is 2. The van der Waals surface area contributed by atoms with E-state index in [0.717, 1.165) is 34.7 Å². The van der Waals surface area contributed by atoms with Gasteiger partial charge in [0.1, 0.15) is 5.69 Å². The van der Waals surface area contributed by atoms with Crippen LogP contribution in [-0.2, 0) is 14.4 Å². The molecule has 8 nitrogen and oxygen atoms in total. The van der Waals surface area contributed by atoms with E-state index in [2.05, 4.69) is 5.32 Å². The fourth-order valence-electron chi connectivity index (χ4n) is 3.84. The topological polar surface area (TPSA) is 87.5 Å². The summed E-state index contributed by atoms with van der Waals surface area (Å²) >= 11 is 1.60. The summed E-state index contributed by atoms with van der Waals surface area (Å²) in [6.45, 7) is 1.49. The minimum Gasteiger partial charge on any atom is -0.345 e. The van der Waals surface area contributed by atoms with Crippen LogP contribution in [0.5, 0.6) is 0 Å². The van der Waals surface area contributed by atoms with Crippen LogP contribution in [0.4, 0.5) is 0 Å². The average molecular weight is 476 g/mol. The number of hydrogen-bond acceptors (Lipinski definition) is 5. The predicted octanol–water partition coefficient (Wildman–Crippen LogP) is 2.56. The molecule has 1 N–H and O–H groups in total. The van der Waals surface area contributed by atoms with Crippen molar-refractivity contribution in [3.05, 3.63) is 65.7 Å². The average Bonchev–Trinajstić information content (AvgIpc) is 3.34. The van der Waals surface area contributed by atoms with Gasteiger partial charge < -0.3 is 15.1 Å². The quantitative estimate of drug-likeness (QED) is 0.454. The highest BCUT2D eigenvalue weighted by Gasteiger charge is 2.31. The Hall–Kier alpha value is -3.72. The number of benzene rings is 1. The van der Waals surface area contributed by atoms with Crippen molar-refractivity contribution in [2.75, 3.05) is 26.2 Å². The number of amides is 3. The Balaban J connectivity index is 1.25. The first-order valence-corrected chi connectivity index (χ1v) is 12.2. The van der Waals surface area contributed by atoms with E-state index in [4.69, 9.17) is 5.10 Å². The lowest BCUT2D eigenvalue weighted by atomic mass is 10.2. The first kappa shape index (κ1) is 22.1. The van der Waals surface area contributed by atoms with Gasteiger partial charge in [-0.2, -0.15) is 5.10 Å². The summed E-state index contributed by atoms with van der Waals surface area (Å²) < 4.78 is 1.82. The molecule has 1 saturated heterocycles. The van der Waals surface area contributed by atoms with Crippen molar-refractivity contribution in [1.29, 1.82) is 0 Å². The van der Waals surface area contributed by atoms with E-state index >= 15 is 0 Å². The number of rotatable bonds is 5. The van der Waals surface area contributed by atoms with Crippen molar-refractivity contribution in [2.45, 2.75) is 18.9 Å². The number of carbonyl (C=O) groups excluding carboxylic acids is 3. The van der Waals surface area contributed by atoms with Gasteiger partial charge in [-0.05, 0) is 42.5 Å². The largest absolute Gasteiger partial charge is 0.345 e. The fraction of sp³-hybridized carbons (Fsp3) is 0.280. The Morgan fingerprint density at radius 1 is 0.971 bits per heavy atom. The summed E-state index contributed by atoms with van der Waals surface area (Å²) in [6, 6.07) is 14.0.